The molecule has 0 fully saturated rings. The lowest BCUT2D eigenvalue weighted by atomic mass is 10.1. The van der Waals surface area contributed by atoms with Crippen LogP contribution in [0, 0.1) is 0 Å². The smallest absolute Gasteiger partial charge is 0.00457 e. The molecule has 0 aliphatic heterocycles. The van der Waals surface area contributed by atoms with Crippen molar-refractivity contribution in [2.24, 2.45) is 0 Å². The predicted octanol–water partition coefficient (Wildman–Crippen LogP) is 4.68. The number of benzene rings is 1. The molecule has 1 heteroatoms. The van der Waals surface area contributed by atoms with Crippen molar-refractivity contribution >= 4 is 0 Å². The molecular formula is C19H27N. The minimum absolute atomic E-state index is 1.12. The van der Waals surface area contributed by atoms with Gasteiger partial charge in [-0.3, -0.25) is 0 Å². The maximum Gasteiger partial charge on any atom is -0.00457 e. The predicted molar refractivity (Wildman–Crippen MR) is 90.0 cm³/mol. The van der Waals surface area contributed by atoms with Crippen molar-refractivity contribution in [3.8, 4) is 0 Å². The van der Waals surface area contributed by atoms with Crippen LogP contribution >= 0.6 is 0 Å². The summed E-state index contributed by atoms with van der Waals surface area (Å²) in [7, 11) is 0. The van der Waals surface area contributed by atoms with Gasteiger partial charge in [0, 0.05) is 0 Å². The zero-order chi connectivity index (χ0) is 14.3. The molecule has 20 heavy (non-hydrogen) atoms. The third-order valence-corrected chi connectivity index (χ3v) is 3.13. The van der Waals surface area contributed by atoms with Gasteiger partial charge in [0.25, 0.3) is 0 Å². The van der Waals surface area contributed by atoms with Gasteiger partial charge in [-0.25, -0.2) is 0 Å². The molecule has 0 bridgehead atoms. The largest absolute Gasteiger partial charge is 0.317 e. The number of aryl methyl sites for hydroxylation is 1. The van der Waals surface area contributed by atoms with E-state index in [-0.39, 0.29) is 0 Å². The van der Waals surface area contributed by atoms with Crippen LogP contribution in [0.5, 0.6) is 0 Å². The summed E-state index contributed by atoms with van der Waals surface area (Å²) in [6.07, 6.45) is 16.1. The molecule has 0 heterocycles. The molecular weight excluding hydrogens is 242 g/mol. The Bertz CT molecular complexity index is 389. The first kappa shape index (κ1) is 16.5. The van der Waals surface area contributed by atoms with Crippen LogP contribution in [0.25, 0.3) is 0 Å². The Labute approximate surface area is 124 Å². The maximum absolute atomic E-state index is 3.63. The van der Waals surface area contributed by atoms with Gasteiger partial charge in [0.2, 0.25) is 0 Å². The molecule has 1 aromatic rings. The molecule has 0 atom stereocenters. The van der Waals surface area contributed by atoms with Crippen LogP contribution in [0.3, 0.4) is 0 Å². The van der Waals surface area contributed by atoms with Crippen molar-refractivity contribution in [2.45, 2.75) is 32.1 Å². The minimum atomic E-state index is 1.12. The molecule has 0 radical (unpaired) electrons. The Morgan fingerprint density at radius 2 is 1.70 bits per heavy atom. The zero-order valence-corrected chi connectivity index (χ0v) is 12.4. The van der Waals surface area contributed by atoms with E-state index in [9.17, 15) is 0 Å². The lowest BCUT2D eigenvalue weighted by Gasteiger charge is -2.04. The fourth-order valence-corrected chi connectivity index (χ4v) is 2.02. The highest BCUT2D eigenvalue weighted by Gasteiger charge is 1.92. The highest BCUT2D eigenvalue weighted by molar-refractivity contribution is 5.14. The van der Waals surface area contributed by atoms with Gasteiger partial charge in [-0.05, 0) is 50.8 Å². The van der Waals surface area contributed by atoms with Crippen LogP contribution in [0.15, 0.2) is 67.3 Å². The van der Waals surface area contributed by atoms with E-state index < -0.39 is 0 Å². The SMILES string of the molecule is C=C/C=C\C=C/CCCCNCCCc1ccccc1. The fourth-order valence-electron chi connectivity index (χ4n) is 2.02. The average molecular weight is 269 g/mol. The second-order valence-corrected chi connectivity index (χ2v) is 4.88. The van der Waals surface area contributed by atoms with Crippen molar-refractivity contribution < 1.29 is 0 Å². The second kappa shape index (κ2) is 12.4. The van der Waals surface area contributed by atoms with Gasteiger partial charge in [0.05, 0.1) is 0 Å². The summed E-state index contributed by atoms with van der Waals surface area (Å²) in [5.41, 5.74) is 1.44. The standard InChI is InChI=1S/C19H27N/c1-2-3-4-5-6-7-8-12-17-20-18-13-16-19-14-10-9-11-15-19/h2-6,9-11,14-15,20H,1,7-8,12-13,16-18H2/b4-3-,6-5-. The molecule has 0 aliphatic carbocycles. The molecule has 1 N–H and O–H groups in total. The van der Waals surface area contributed by atoms with E-state index in [1.807, 2.05) is 12.2 Å². The number of hydrogen-bond acceptors (Lipinski definition) is 1. The normalized spacial score (nSPS) is 11.4. The maximum atomic E-state index is 3.63. The summed E-state index contributed by atoms with van der Waals surface area (Å²) in [5, 5.41) is 3.52. The van der Waals surface area contributed by atoms with Crippen molar-refractivity contribution in [2.75, 3.05) is 13.1 Å². The summed E-state index contributed by atoms with van der Waals surface area (Å²) in [6.45, 7) is 5.88. The Morgan fingerprint density at radius 3 is 2.50 bits per heavy atom. The quantitative estimate of drug-likeness (QED) is 0.454. The summed E-state index contributed by atoms with van der Waals surface area (Å²) in [5.74, 6) is 0. The Morgan fingerprint density at radius 1 is 0.900 bits per heavy atom. The highest BCUT2D eigenvalue weighted by Crippen LogP contribution is 2.01. The topological polar surface area (TPSA) is 12.0 Å². The van der Waals surface area contributed by atoms with E-state index in [0.717, 1.165) is 19.5 Å². The molecule has 0 spiro atoms. The van der Waals surface area contributed by atoms with Gasteiger partial charge in [-0.15, -0.1) is 0 Å². The fraction of sp³-hybridized carbons (Fsp3) is 0.368. The number of nitrogens with one attached hydrogen (secondary N) is 1. The van der Waals surface area contributed by atoms with Crippen LogP contribution in [0.2, 0.25) is 0 Å². The van der Waals surface area contributed by atoms with Crippen molar-refractivity contribution in [1.82, 2.24) is 5.32 Å². The van der Waals surface area contributed by atoms with Crippen LogP contribution in [0.1, 0.15) is 31.2 Å². The van der Waals surface area contributed by atoms with Gasteiger partial charge in [0.15, 0.2) is 0 Å². The van der Waals surface area contributed by atoms with Crippen LogP contribution < -0.4 is 5.32 Å². The molecule has 1 nitrogen and oxygen atoms in total. The Balaban J connectivity index is 1.86. The number of hydrogen-bond donors (Lipinski definition) is 1. The molecule has 0 saturated carbocycles. The van der Waals surface area contributed by atoms with Gasteiger partial charge in [-0.2, -0.15) is 0 Å². The lowest BCUT2D eigenvalue weighted by Crippen LogP contribution is -2.17. The van der Waals surface area contributed by atoms with Crippen LogP contribution in [-0.2, 0) is 6.42 Å². The van der Waals surface area contributed by atoms with Gasteiger partial charge in [0.1, 0.15) is 0 Å². The van der Waals surface area contributed by atoms with Crippen molar-refractivity contribution in [3.05, 3.63) is 72.9 Å². The summed E-state index contributed by atoms with van der Waals surface area (Å²) < 4.78 is 0. The van der Waals surface area contributed by atoms with E-state index in [0.29, 0.717) is 0 Å². The molecule has 0 saturated heterocycles. The molecule has 0 aromatic heterocycles. The van der Waals surface area contributed by atoms with Crippen LogP contribution in [0.4, 0.5) is 0 Å². The first-order chi connectivity index (χ1) is 9.93. The summed E-state index contributed by atoms with van der Waals surface area (Å²) in [4.78, 5) is 0. The molecule has 1 aromatic carbocycles. The zero-order valence-electron chi connectivity index (χ0n) is 12.4. The van der Waals surface area contributed by atoms with E-state index in [1.165, 1.54) is 31.2 Å². The minimum Gasteiger partial charge on any atom is -0.317 e. The number of unbranched alkanes of at least 4 members (excludes halogenated alkanes) is 2. The molecule has 0 unspecified atom stereocenters. The van der Waals surface area contributed by atoms with Crippen LogP contribution in [-0.4, -0.2) is 13.1 Å². The Kier molecular flexibility index (Phi) is 10.2. The molecule has 0 amide bonds. The third kappa shape index (κ3) is 9.35. The first-order valence-electron chi connectivity index (χ1n) is 7.62. The van der Waals surface area contributed by atoms with Gasteiger partial charge < -0.3 is 5.32 Å². The molecule has 1 rings (SSSR count). The van der Waals surface area contributed by atoms with Crippen molar-refractivity contribution in [3.63, 3.8) is 0 Å². The molecule has 108 valence electrons. The molecule has 0 aliphatic rings. The number of rotatable bonds is 11. The van der Waals surface area contributed by atoms with E-state index in [2.05, 4.69) is 54.4 Å². The number of allylic oxidation sites excluding steroid dienone is 5. The highest BCUT2D eigenvalue weighted by atomic mass is 14.8. The monoisotopic (exact) mass is 269 g/mol. The van der Waals surface area contributed by atoms with E-state index in [1.54, 1.807) is 6.08 Å². The lowest BCUT2D eigenvalue weighted by molar-refractivity contribution is 0.606. The third-order valence-electron chi connectivity index (χ3n) is 3.13. The summed E-state index contributed by atoms with van der Waals surface area (Å²) >= 11 is 0. The van der Waals surface area contributed by atoms with Gasteiger partial charge >= 0.3 is 0 Å². The van der Waals surface area contributed by atoms with E-state index >= 15 is 0 Å². The van der Waals surface area contributed by atoms with Crippen molar-refractivity contribution in [1.29, 1.82) is 0 Å². The van der Waals surface area contributed by atoms with Gasteiger partial charge in [-0.1, -0.05) is 67.3 Å². The average Bonchev–Trinajstić information content (AvgIpc) is 2.49. The van der Waals surface area contributed by atoms with E-state index in [4.69, 9.17) is 0 Å². The summed E-state index contributed by atoms with van der Waals surface area (Å²) in [6, 6.07) is 10.7. The first-order valence-corrected chi connectivity index (χ1v) is 7.62. The second-order valence-electron chi connectivity index (χ2n) is 4.88. The Hall–Kier alpha value is -1.60.